The Kier molecular flexibility index (Phi) is 3.39. The molecule has 1 aliphatic rings. The van der Waals surface area contributed by atoms with Crippen molar-refractivity contribution in [2.24, 2.45) is 5.84 Å². The van der Waals surface area contributed by atoms with E-state index in [1.54, 1.807) is 0 Å². The molecule has 0 spiro atoms. The highest BCUT2D eigenvalue weighted by Crippen LogP contribution is 2.27. The highest BCUT2D eigenvalue weighted by Gasteiger charge is 2.17. The molecule has 76 valence electrons. The number of hydrogen-bond acceptors (Lipinski definition) is 4. The highest BCUT2D eigenvalue weighted by molar-refractivity contribution is 7.99. The summed E-state index contributed by atoms with van der Waals surface area (Å²) >= 11 is 1.87. The monoisotopic (exact) mass is 209 g/mol. The minimum absolute atomic E-state index is 0.685. The Morgan fingerprint density at radius 1 is 1.36 bits per heavy atom. The number of rotatable bonds is 2. The zero-order chi connectivity index (χ0) is 9.80. The van der Waals surface area contributed by atoms with Gasteiger partial charge >= 0.3 is 0 Å². The van der Waals surface area contributed by atoms with E-state index in [1.165, 1.54) is 0 Å². The fraction of sp³-hybridized carbons (Fsp3) is 0.500. The van der Waals surface area contributed by atoms with E-state index >= 15 is 0 Å². The molecule has 1 saturated heterocycles. The molecule has 0 aliphatic carbocycles. The first-order valence-electron chi connectivity index (χ1n) is 4.92. The Morgan fingerprint density at radius 3 is 2.79 bits per heavy atom. The number of piperidine rings is 1. The fourth-order valence-corrected chi connectivity index (χ4v) is 2.65. The second kappa shape index (κ2) is 4.77. The van der Waals surface area contributed by atoms with Crippen molar-refractivity contribution in [3.63, 3.8) is 0 Å². The minimum atomic E-state index is 0.685. The van der Waals surface area contributed by atoms with Crippen LogP contribution in [-0.4, -0.2) is 28.3 Å². The number of hydrazine groups is 1. The molecule has 4 heteroatoms. The lowest BCUT2D eigenvalue weighted by Crippen LogP contribution is -2.39. The highest BCUT2D eigenvalue weighted by atomic mass is 32.2. The van der Waals surface area contributed by atoms with Crippen LogP contribution in [0.3, 0.4) is 0 Å². The summed E-state index contributed by atoms with van der Waals surface area (Å²) in [5.74, 6) is 5.70. The first-order valence-corrected chi connectivity index (χ1v) is 5.80. The standard InChI is InChI=1S/C10H15N3S/c11-13-7-4-9(5-8-13)14-10-3-1-2-6-12-10/h1-3,6,9H,4-5,7-8,11H2. The molecule has 2 heterocycles. The molecule has 3 nitrogen and oxygen atoms in total. The zero-order valence-corrected chi connectivity index (χ0v) is 8.91. The molecule has 2 N–H and O–H groups in total. The SMILES string of the molecule is NN1CCC(Sc2ccccn2)CC1. The van der Waals surface area contributed by atoms with Crippen LogP contribution in [0.5, 0.6) is 0 Å². The third-order valence-electron chi connectivity index (χ3n) is 2.40. The third-order valence-corrected chi connectivity index (χ3v) is 3.69. The molecule has 0 saturated carbocycles. The van der Waals surface area contributed by atoms with Crippen molar-refractivity contribution >= 4 is 11.8 Å². The molecular weight excluding hydrogens is 194 g/mol. The summed E-state index contributed by atoms with van der Waals surface area (Å²) in [5.41, 5.74) is 0. The molecule has 0 bridgehead atoms. The van der Waals surface area contributed by atoms with Crippen LogP contribution in [0, 0.1) is 0 Å². The summed E-state index contributed by atoms with van der Waals surface area (Å²) in [5, 5.41) is 3.71. The Balaban J connectivity index is 1.87. The van der Waals surface area contributed by atoms with Crippen molar-refractivity contribution in [1.82, 2.24) is 9.99 Å². The van der Waals surface area contributed by atoms with Gasteiger partial charge in [0.15, 0.2) is 0 Å². The molecule has 0 unspecified atom stereocenters. The van der Waals surface area contributed by atoms with Crippen molar-refractivity contribution in [1.29, 1.82) is 0 Å². The lowest BCUT2D eigenvalue weighted by atomic mass is 10.1. The average molecular weight is 209 g/mol. The lowest BCUT2D eigenvalue weighted by Gasteiger charge is -2.27. The van der Waals surface area contributed by atoms with Crippen LogP contribution < -0.4 is 5.84 Å². The van der Waals surface area contributed by atoms with E-state index in [0.29, 0.717) is 5.25 Å². The molecular formula is C10H15N3S. The maximum atomic E-state index is 5.70. The summed E-state index contributed by atoms with van der Waals surface area (Å²) < 4.78 is 0. The van der Waals surface area contributed by atoms with Gasteiger partial charge in [-0.25, -0.2) is 9.99 Å². The largest absolute Gasteiger partial charge is 0.269 e. The maximum Gasteiger partial charge on any atom is 0.0962 e. The molecule has 1 fully saturated rings. The maximum absolute atomic E-state index is 5.70. The number of hydrogen-bond donors (Lipinski definition) is 1. The molecule has 0 atom stereocenters. The van der Waals surface area contributed by atoms with Gasteiger partial charge in [-0.05, 0) is 25.0 Å². The fourth-order valence-electron chi connectivity index (χ4n) is 1.58. The average Bonchev–Trinajstić information content (AvgIpc) is 2.23. The molecule has 1 aromatic rings. The van der Waals surface area contributed by atoms with Gasteiger partial charge in [-0.1, -0.05) is 6.07 Å². The Morgan fingerprint density at radius 2 is 2.14 bits per heavy atom. The van der Waals surface area contributed by atoms with Crippen molar-refractivity contribution in [3.05, 3.63) is 24.4 Å². The zero-order valence-electron chi connectivity index (χ0n) is 8.10. The minimum Gasteiger partial charge on any atom is -0.269 e. The number of aromatic nitrogens is 1. The summed E-state index contributed by atoms with van der Waals surface area (Å²) in [6, 6.07) is 6.05. The van der Waals surface area contributed by atoms with Crippen LogP contribution in [0.15, 0.2) is 29.4 Å². The van der Waals surface area contributed by atoms with E-state index in [2.05, 4.69) is 11.1 Å². The smallest absolute Gasteiger partial charge is 0.0962 e. The Hall–Kier alpha value is -0.580. The van der Waals surface area contributed by atoms with Gasteiger partial charge in [0.05, 0.1) is 5.03 Å². The second-order valence-electron chi connectivity index (χ2n) is 3.52. The second-order valence-corrected chi connectivity index (χ2v) is 4.84. The van der Waals surface area contributed by atoms with Gasteiger partial charge in [0, 0.05) is 24.5 Å². The Bertz CT molecular complexity index is 270. The summed E-state index contributed by atoms with van der Waals surface area (Å²) in [6.45, 7) is 2.01. The number of nitrogens with zero attached hydrogens (tertiary/aromatic N) is 2. The van der Waals surface area contributed by atoms with Crippen molar-refractivity contribution in [3.8, 4) is 0 Å². The molecule has 0 aromatic carbocycles. The lowest BCUT2D eigenvalue weighted by molar-refractivity contribution is 0.239. The number of thioether (sulfide) groups is 1. The van der Waals surface area contributed by atoms with Gasteiger partial charge in [-0.15, -0.1) is 11.8 Å². The van der Waals surface area contributed by atoms with Gasteiger partial charge in [0.1, 0.15) is 0 Å². The molecule has 1 aliphatic heterocycles. The van der Waals surface area contributed by atoms with Crippen molar-refractivity contribution in [2.45, 2.75) is 23.1 Å². The van der Waals surface area contributed by atoms with Crippen LogP contribution in [-0.2, 0) is 0 Å². The van der Waals surface area contributed by atoms with E-state index in [1.807, 2.05) is 35.1 Å². The van der Waals surface area contributed by atoms with Crippen LogP contribution in [0.25, 0.3) is 0 Å². The van der Waals surface area contributed by atoms with Crippen LogP contribution in [0.1, 0.15) is 12.8 Å². The predicted molar refractivity (Wildman–Crippen MR) is 58.9 cm³/mol. The van der Waals surface area contributed by atoms with Gasteiger partial charge in [-0.3, -0.25) is 5.84 Å². The van der Waals surface area contributed by atoms with E-state index in [0.717, 1.165) is 31.0 Å². The summed E-state index contributed by atoms with van der Waals surface area (Å²) in [7, 11) is 0. The van der Waals surface area contributed by atoms with E-state index in [4.69, 9.17) is 5.84 Å². The first-order chi connectivity index (χ1) is 6.84. The molecule has 0 radical (unpaired) electrons. The number of nitrogens with two attached hydrogens (primary N) is 1. The normalized spacial score (nSPS) is 19.8. The summed E-state index contributed by atoms with van der Waals surface area (Å²) in [4.78, 5) is 4.31. The molecule has 14 heavy (non-hydrogen) atoms. The molecule has 1 aromatic heterocycles. The first kappa shape index (κ1) is 9.96. The molecule has 0 amide bonds. The topological polar surface area (TPSA) is 42.1 Å². The van der Waals surface area contributed by atoms with Gasteiger partial charge in [0.2, 0.25) is 0 Å². The van der Waals surface area contributed by atoms with Crippen LogP contribution >= 0.6 is 11.8 Å². The van der Waals surface area contributed by atoms with E-state index < -0.39 is 0 Å². The van der Waals surface area contributed by atoms with Crippen LogP contribution in [0.4, 0.5) is 0 Å². The van der Waals surface area contributed by atoms with E-state index in [9.17, 15) is 0 Å². The molecule has 2 rings (SSSR count). The Labute approximate surface area is 88.7 Å². The van der Waals surface area contributed by atoms with Crippen molar-refractivity contribution < 1.29 is 0 Å². The van der Waals surface area contributed by atoms with Gasteiger partial charge in [0.25, 0.3) is 0 Å². The van der Waals surface area contributed by atoms with Crippen LogP contribution in [0.2, 0.25) is 0 Å². The summed E-state index contributed by atoms with van der Waals surface area (Å²) in [6.07, 6.45) is 4.18. The van der Waals surface area contributed by atoms with Crippen molar-refractivity contribution in [2.75, 3.05) is 13.1 Å². The third kappa shape index (κ3) is 2.70. The number of pyridine rings is 1. The quantitative estimate of drug-likeness (QED) is 0.750. The van der Waals surface area contributed by atoms with E-state index in [-0.39, 0.29) is 0 Å². The predicted octanol–water partition coefficient (Wildman–Crippen LogP) is 1.51. The van der Waals surface area contributed by atoms with Gasteiger partial charge in [-0.2, -0.15) is 0 Å². The van der Waals surface area contributed by atoms with Gasteiger partial charge < -0.3 is 0 Å².